The van der Waals surface area contributed by atoms with E-state index in [-0.39, 0.29) is 0 Å². The lowest BCUT2D eigenvalue weighted by atomic mass is 9.94. The second kappa shape index (κ2) is 6.34. The molecule has 3 aromatic rings. The number of fused-ring (bicyclic) bond motifs is 1. The SMILES string of the molecule is c1cc(OCc2cccn3ncnc23)nc(C2CCNCC2)c1. The molecule has 0 spiro atoms. The molecule has 6 heteroatoms. The van der Waals surface area contributed by atoms with Crippen LogP contribution in [-0.4, -0.2) is 32.7 Å². The molecule has 1 aliphatic rings. The van der Waals surface area contributed by atoms with Crippen LogP contribution in [-0.2, 0) is 6.61 Å². The number of aromatic nitrogens is 4. The van der Waals surface area contributed by atoms with E-state index in [1.165, 1.54) is 0 Å². The molecule has 1 fully saturated rings. The van der Waals surface area contributed by atoms with Crippen molar-refractivity contribution in [2.24, 2.45) is 0 Å². The van der Waals surface area contributed by atoms with Crippen molar-refractivity contribution in [3.8, 4) is 5.88 Å². The van der Waals surface area contributed by atoms with Crippen molar-refractivity contribution < 1.29 is 4.74 Å². The van der Waals surface area contributed by atoms with Crippen LogP contribution in [0, 0.1) is 0 Å². The maximum atomic E-state index is 5.89. The first-order chi connectivity index (χ1) is 11.4. The number of nitrogens with zero attached hydrogens (tertiary/aromatic N) is 4. The van der Waals surface area contributed by atoms with Crippen LogP contribution in [0.3, 0.4) is 0 Å². The summed E-state index contributed by atoms with van der Waals surface area (Å²) in [6, 6.07) is 9.98. The van der Waals surface area contributed by atoms with Crippen LogP contribution in [0.4, 0.5) is 0 Å². The summed E-state index contributed by atoms with van der Waals surface area (Å²) in [7, 11) is 0. The Morgan fingerprint density at radius 3 is 3.00 bits per heavy atom. The highest BCUT2D eigenvalue weighted by molar-refractivity contribution is 5.45. The Bertz CT molecular complexity index is 794. The first kappa shape index (κ1) is 14.1. The van der Waals surface area contributed by atoms with E-state index in [1.54, 1.807) is 10.8 Å². The van der Waals surface area contributed by atoms with E-state index < -0.39 is 0 Å². The van der Waals surface area contributed by atoms with E-state index >= 15 is 0 Å². The molecule has 0 aliphatic carbocycles. The Hall–Kier alpha value is -2.47. The van der Waals surface area contributed by atoms with E-state index in [1.807, 2.05) is 30.5 Å². The molecule has 0 aromatic carbocycles. The number of ether oxygens (including phenoxy) is 1. The van der Waals surface area contributed by atoms with E-state index in [0.29, 0.717) is 18.4 Å². The van der Waals surface area contributed by atoms with Crippen LogP contribution in [0.25, 0.3) is 5.65 Å². The van der Waals surface area contributed by atoms with E-state index in [9.17, 15) is 0 Å². The van der Waals surface area contributed by atoms with Crippen LogP contribution in [0.2, 0.25) is 0 Å². The lowest BCUT2D eigenvalue weighted by molar-refractivity contribution is 0.292. The topological polar surface area (TPSA) is 64.3 Å². The zero-order valence-electron chi connectivity index (χ0n) is 12.9. The van der Waals surface area contributed by atoms with Gasteiger partial charge in [0, 0.05) is 29.4 Å². The van der Waals surface area contributed by atoms with E-state index in [4.69, 9.17) is 4.74 Å². The van der Waals surface area contributed by atoms with Gasteiger partial charge in [0.15, 0.2) is 5.65 Å². The zero-order valence-corrected chi connectivity index (χ0v) is 12.9. The third kappa shape index (κ3) is 3.03. The molecule has 4 rings (SSSR count). The Kier molecular flexibility index (Phi) is 3.90. The average molecular weight is 309 g/mol. The fraction of sp³-hybridized carbons (Fsp3) is 0.353. The molecular formula is C17H19N5O. The molecule has 6 nitrogen and oxygen atoms in total. The monoisotopic (exact) mass is 309 g/mol. The maximum Gasteiger partial charge on any atom is 0.213 e. The predicted molar refractivity (Wildman–Crippen MR) is 86.4 cm³/mol. The van der Waals surface area contributed by atoms with Gasteiger partial charge in [-0.2, -0.15) is 5.10 Å². The van der Waals surface area contributed by atoms with Crippen molar-refractivity contribution in [3.63, 3.8) is 0 Å². The van der Waals surface area contributed by atoms with Crippen molar-refractivity contribution in [1.29, 1.82) is 0 Å². The largest absolute Gasteiger partial charge is 0.473 e. The van der Waals surface area contributed by atoms with Crippen molar-refractivity contribution in [3.05, 3.63) is 54.1 Å². The summed E-state index contributed by atoms with van der Waals surface area (Å²) in [6.45, 7) is 2.56. The van der Waals surface area contributed by atoms with Gasteiger partial charge < -0.3 is 10.1 Å². The molecule has 118 valence electrons. The number of pyridine rings is 2. The van der Waals surface area contributed by atoms with Gasteiger partial charge in [0.1, 0.15) is 12.9 Å². The standard InChI is InChI=1S/C17H19N5O/c1-4-15(13-6-8-18-9-7-13)21-16(5-1)23-11-14-3-2-10-22-17(14)19-12-20-22/h1-5,10,12-13,18H,6-9,11H2. The van der Waals surface area contributed by atoms with Gasteiger partial charge in [-0.15, -0.1) is 0 Å². The van der Waals surface area contributed by atoms with Gasteiger partial charge in [-0.05, 0) is 38.1 Å². The van der Waals surface area contributed by atoms with Gasteiger partial charge in [0.2, 0.25) is 5.88 Å². The van der Waals surface area contributed by atoms with Crippen molar-refractivity contribution in [2.75, 3.05) is 13.1 Å². The second-order valence-corrected chi connectivity index (χ2v) is 5.78. The predicted octanol–water partition coefficient (Wildman–Crippen LogP) is 2.17. The minimum atomic E-state index is 0.436. The summed E-state index contributed by atoms with van der Waals surface area (Å²) in [4.78, 5) is 8.95. The Morgan fingerprint density at radius 2 is 2.09 bits per heavy atom. The first-order valence-electron chi connectivity index (χ1n) is 7.98. The highest BCUT2D eigenvalue weighted by Crippen LogP contribution is 2.25. The second-order valence-electron chi connectivity index (χ2n) is 5.78. The van der Waals surface area contributed by atoms with Crippen LogP contribution in [0.1, 0.15) is 30.0 Å². The van der Waals surface area contributed by atoms with Crippen molar-refractivity contribution >= 4 is 5.65 Å². The minimum Gasteiger partial charge on any atom is -0.473 e. The molecule has 1 saturated heterocycles. The van der Waals surface area contributed by atoms with Gasteiger partial charge >= 0.3 is 0 Å². The Labute approximate surface area is 134 Å². The molecule has 0 amide bonds. The number of rotatable bonds is 4. The highest BCUT2D eigenvalue weighted by Gasteiger charge is 2.16. The molecule has 0 bridgehead atoms. The molecule has 0 saturated carbocycles. The van der Waals surface area contributed by atoms with Gasteiger partial charge in [0.25, 0.3) is 0 Å². The van der Waals surface area contributed by atoms with Crippen LogP contribution in [0.5, 0.6) is 5.88 Å². The molecule has 4 heterocycles. The summed E-state index contributed by atoms with van der Waals surface area (Å²) < 4.78 is 7.64. The van der Waals surface area contributed by atoms with Crippen LogP contribution >= 0.6 is 0 Å². The third-order valence-corrected chi connectivity index (χ3v) is 4.26. The number of nitrogens with one attached hydrogen (secondary N) is 1. The minimum absolute atomic E-state index is 0.436. The maximum absolute atomic E-state index is 5.89. The lowest BCUT2D eigenvalue weighted by Gasteiger charge is -2.22. The molecule has 0 atom stereocenters. The number of hydrogen-bond donors (Lipinski definition) is 1. The molecule has 1 aliphatic heterocycles. The molecule has 0 radical (unpaired) electrons. The summed E-state index contributed by atoms with van der Waals surface area (Å²) in [5.74, 6) is 1.20. The fourth-order valence-electron chi connectivity index (χ4n) is 3.02. The Morgan fingerprint density at radius 1 is 1.17 bits per heavy atom. The van der Waals surface area contributed by atoms with Gasteiger partial charge in [-0.1, -0.05) is 12.1 Å². The van der Waals surface area contributed by atoms with E-state index in [2.05, 4.69) is 26.4 Å². The third-order valence-electron chi connectivity index (χ3n) is 4.26. The van der Waals surface area contributed by atoms with E-state index in [0.717, 1.165) is 42.8 Å². The molecule has 1 N–H and O–H groups in total. The number of hydrogen-bond acceptors (Lipinski definition) is 5. The first-order valence-corrected chi connectivity index (χ1v) is 7.98. The van der Waals surface area contributed by atoms with Gasteiger partial charge in [-0.25, -0.2) is 14.5 Å². The quantitative estimate of drug-likeness (QED) is 0.800. The summed E-state index contributed by atoms with van der Waals surface area (Å²) >= 11 is 0. The van der Waals surface area contributed by atoms with Gasteiger partial charge in [0.05, 0.1) is 0 Å². The van der Waals surface area contributed by atoms with Gasteiger partial charge in [-0.3, -0.25) is 0 Å². The smallest absolute Gasteiger partial charge is 0.213 e. The summed E-state index contributed by atoms with van der Waals surface area (Å²) in [5.41, 5.74) is 2.95. The van der Waals surface area contributed by atoms with Crippen LogP contribution in [0.15, 0.2) is 42.9 Å². The number of piperidine rings is 1. The molecule has 0 unspecified atom stereocenters. The summed E-state index contributed by atoms with van der Waals surface area (Å²) in [5, 5.41) is 7.52. The zero-order chi connectivity index (χ0) is 15.5. The molecule has 3 aromatic heterocycles. The lowest BCUT2D eigenvalue weighted by Crippen LogP contribution is -2.27. The fourth-order valence-corrected chi connectivity index (χ4v) is 3.02. The van der Waals surface area contributed by atoms with Crippen molar-refractivity contribution in [1.82, 2.24) is 24.9 Å². The normalized spacial score (nSPS) is 15.8. The molecule has 23 heavy (non-hydrogen) atoms. The Balaban J connectivity index is 1.49. The average Bonchev–Trinajstić information content (AvgIpc) is 3.10. The molecular weight excluding hydrogens is 290 g/mol. The van der Waals surface area contributed by atoms with Crippen LogP contribution < -0.4 is 10.1 Å². The van der Waals surface area contributed by atoms with Crippen molar-refractivity contribution in [2.45, 2.75) is 25.4 Å². The highest BCUT2D eigenvalue weighted by atomic mass is 16.5. The summed E-state index contributed by atoms with van der Waals surface area (Å²) in [6.07, 6.45) is 5.70.